The number of hydrogen-bond acceptors (Lipinski definition) is 5. The van der Waals surface area contributed by atoms with Gasteiger partial charge in [0, 0.05) is 36.8 Å². The van der Waals surface area contributed by atoms with Crippen molar-refractivity contribution in [2.24, 2.45) is 5.92 Å². The molecule has 2 N–H and O–H groups in total. The molecule has 0 spiro atoms. The summed E-state index contributed by atoms with van der Waals surface area (Å²) in [5.41, 5.74) is 0.659. The van der Waals surface area contributed by atoms with Crippen molar-refractivity contribution in [3.63, 3.8) is 0 Å². The highest BCUT2D eigenvalue weighted by atomic mass is 35.5. The Morgan fingerprint density at radius 3 is 2.78 bits per heavy atom. The first kappa shape index (κ1) is 19.8. The molecule has 1 atom stereocenters. The Labute approximate surface area is 166 Å². The molecular formula is C17H18ClN3O4S2. The average Bonchev–Trinajstić information content (AvgIpc) is 3.29. The van der Waals surface area contributed by atoms with Crippen LogP contribution in [0.4, 0.5) is 5.69 Å². The van der Waals surface area contributed by atoms with Gasteiger partial charge in [-0.1, -0.05) is 23.7 Å². The fourth-order valence-corrected chi connectivity index (χ4v) is 5.03. The molecule has 1 aromatic heterocycles. The van der Waals surface area contributed by atoms with Crippen molar-refractivity contribution in [1.29, 1.82) is 0 Å². The normalized spacial score (nSPS) is 17.3. The molecule has 7 nitrogen and oxygen atoms in total. The van der Waals surface area contributed by atoms with Crippen LogP contribution in [0.15, 0.2) is 46.0 Å². The van der Waals surface area contributed by atoms with Crippen LogP contribution in [0.25, 0.3) is 0 Å². The molecule has 10 heteroatoms. The molecule has 0 saturated carbocycles. The van der Waals surface area contributed by atoms with E-state index in [2.05, 4.69) is 10.0 Å². The Balaban J connectivity index is 1.48. The largest absolute Gasteiger partial charge is 0.354 e. The van der Waals surface area contributed by atoms with Crippen LogP contribution in [0.5, 0.6) is 0 Å². The van der Waals surface area contributed by atoms with Crippen LogP contribution >= 0.6 is 22.9 Å². The maximum atomic E-state index is 12.3. The molecule has 0 aliphatic carbocycles. The molecule has 27 heavy (non-hydrogen) atoms. The minimum atomic E-state index is -3.55. The highest BCUT2D eigenvalue weighted by molar-refractivity contribution is 7.91. The van der Waals surface area contributed by atoms with Crippen molar-refractivity contribution >= 4 is 50.5 Å². The molecule has 2 heterocycles. The van der Waals surface area contributed by atoms with Crippen LogP contribution in [-0.4, -0.2) is 39.9 Å². The molecular weight excluding hydrogens is 410 g/mol. The van der Waals surface area contributed by atoms with Gasteiger partial charge in [0.05, 0.1) is 5.92 Å². The quantitative estimate of drug-likeness (QED) is 0.659. The van der Waals surface area contributed by atoms with Gasteiger partial charge in [-0.3, -0.25) is 9.59 Å². The lowest BCUT2D eigenvalue weighted by atomic mass is 10.1. The zero-order chi connectivity index (χ0) is 19.4. The smallest absolute Gasteiger partial charge is 0.250 e. The van der Waals surface area contributed by atoms with Crippen LogP contribution in [-0.2, 0) is 19.6 Å². The van der Waals surface area contributed by atoms with E-state index in [-0.39, 0.29) is 42.1 Å². The number of sulfonamides is 1. The molecule has 144 valence electrons. The van der Waals surface area contributed by atoms with Crippen molar-refractivity contribution in [3.05, 3.63) is 46.8 Å². The predicted octanol–water partition coefficient (Wildman–Crippen LogP) is 1.85. The summed E-state index contributed by atoms with van der Waals surface area (Å²) >= 11 is 7.08. The van der Waals surface area contributed by atoms with E-state index < -0.39 is 15.9 Å². The summed E-state index contributed by atoms with van der Waals surface area (Å²) in [7, 11) is -3.55. The third-order valence-electron chi connectivity index (χ3n) is 4.09. The van der Waals surface area contributed by atoms with Crippen molar-refractivity contribution < 1.29 is 18.0 Å². The van der Waals surface area contributed by atoms with Gasteiger partial charge in [0.25, 0.3) is 0 Å². The van der Waals surface area contributed by atoms with Gasteiger partial charge in [0.1, 0.15) is 4.21 Å². The van der Waals surface area contributed by atoms with Crippen molar-refractivity contribution in [2.75, 3.05) is 24.5 Å². The van der Waals surface area contributed by atoms with E-state index in [0.29, 0.717) is 10.7 Å². The summed E-state index contributed by atoms with van der Waals surface area (Å²) in [5.74, 6) is -0.899. The van der Waals surface area contributed by atoms with Gasteiger partial charge in [0.15, 0.2) is 0 Å². The number of nitrogens with one attached hydrogen (secondary N) is 2. The highest BCUT2D eigenvalue weighted by Crippen LogP contribution is 2.27. The molecule has 2 amide bonds. The second kappa shape index (κ2) is 8.39. The van der Waals surface area contributed by atoms with Crippen molar-refractivity contribution in [2.45, 2.75) is 10.6 Å². The minimum absolute atomic E-state index is 0.0741. The third kappa shape index (κ3) is 4.86. The molecule has 1 aliphatic rings. The number of carbonyl (C=O) groups excluding carboxylic acids is 2. The molecule has 1 fully saturated rings. The van der Waals surface area contributed by atoms with Crippen LogP contribution in [0, 0.1) is 5.92 Å². The zero-order valence-corrected chi connectivity index (χ0v) is 16.6. The van der Waals surface area contributed by atoms with E-state index in [1.807, 2.05) is 0 Å². The Bertz CT molecular complexity index is 931. The number of amides is 2. The summed E-state index contributed by atoms with van der Waals surface area (Å²) in [4.78, 5) is 26.0. The van der Waals surface area contributed by atoms with E-state index in [9.17, 15) is 18.0 Å². The van der Waals surface area contributed by atoms with Crippen molar-refractivity contribution in [3.8, 4) is 0 Å². The number of nitrogens with zero attached hydrogens (tertiary/aromatic N) is 1. The first-order chi connectivity index (χ1) is 12.9. The predicted molar refractivity (Wildman–Crippen MR) is 104 cm³/mol. The van der Waals surface area contributed by atoms with Gasteiger partial charge in [-0.05, 0) is 29.6 Å². The van der Waals surface area contributed by atoms with Gasteiger partial charge < -0.3 is 10.2 Å². The lowest BCUT2D eigenvalue weighted by molar-refractivity contribution is -0.126. The zero-order valence-electron chi connectivity index (χ0n) is 14.2. The number of carbonyl (C=O) groups is 2. The molecule has 0 unspecified atom stereocenters. The van der Waals surface area contributed by atoms with E-state index in [1.165, 1.54) is 11.0 Å². The van der Waals surface area contributed by atoms with Crippen LogP contribution < -0.4 is 14.9 Å². The molecule has 0 radical (unpaired) electrons. The lowest BCUT2D eigenvalue weighted by Gasteiger charge is -2.17. The number of benzene rings is 1. The summed E-state index contributed by atoms with van der Waals surface area (Å²) in [5, 5.41) is 4.88. The molecule has 1 saturated heterocycles. The minimum Gasteiger partial charge on any atom is -0.354 e. The molecule has 3 rings (SSSR count). The fourth-order valence-electron chi connectivity index (χ4n) is 2.78. The first-order valence-electron chi connectivity index (χ1n) is 8.23. The van der Waals surface area contributed by atoms with Gasteiger partial charge in [-0.15, -0.1) is 11.3 Å². The van der Waals surface area contributed by atoms with E-state index in [0.717, 1.165) is 11.3 Å². The van der Waals surface area contributed by atoms with Gasteiger partial charge >= 0.3 is 0 Å². The van der Waals surface area contributed by atoms with E-state index in [4.69, 9.17) is 11.6 Å². The molecule has 0 bridgehead atoms. The molecule has 1 aliphatic heterocycles. The Morgan fingerprint density at radius 1 is 1.26 bits per heavy atom. The summed E-state index contributed by atoms with van der Waals surface area (Å²) < 4.78 is 26.6. The lowest BCUT2D eigenvalue weighted by Crippen LogP contribution is -2.38. The summed E-state index contributed by atoms with van der Waals surface area (Å²) in [6.45, 7) is 0.488. The number of hydrogen-bond donors (Lipinski definition) is 2. The van der Waals surface area contributed by atoms with Gasteiger partial charge in [-0.25, -0.2) is 13.1 Å². The number of rotatable bonds is 7. The van der Waals surface area contributed by atoms with Crippen LogP contribution in [0.2, 0.25) is 5.02 Å². The standard InChI is InChI=1S/C17H18ClN3O4S2/c18-13-3-1-4-14(10-13)21-11-12(9-15(21)22)17(23)19-6-7-20-27(24,25)16-5-2-8-26-16/h1-5,8,10,12,20H,6-7,9,11H2,(H,19,23)/t12-/m1/s1. The monoisotopic (exact) mass is 427 g/mol. The summed E-state index contributed by atoms with van der Waals surface area (Å²) in [6, 6.07) is 10.1. The average molecular weight is 428 g/mol. The Hall–Kier alpha value is -1.94. The molecule has 2 aromatic rings. The number of halogens is 1. The van der Waals surface area contributed by atoms with E-state index in [1.54, 1.807) is 35.7 Å². The van der Waals surface area contributed by atoms with E-state index >= 15 is 0 Å². The second-order valence-electron chi connectivity index (χ2n) is 6.01. The van der Waals surface area contributed by atoms with Gasteiger partial charge in [-0.2, -0.15) is 0 Å². The summed E-state index contributed by atoms with van der Waals surface area (Å²) in [6.07, 6.45) is 0.110. The molecule has 1 aromatic carbocycles. The SMILES string of the molecule is O=C(NCCNS(=O)(=O)c1cccs1)[C@@H]1CC(=O)N(c2cccc(Cl)c2)C1. The maximum absolute atomic E-state index is 12.3. The first-order valence-corrected chi connectivity index (χ1v) is 11.0. The Kier molecular flexibility index (Phi) is 6.15. The Morgan fingerprint density at radius 2 is 2.07 bits per heavy atom. The van der Waals surface area contributed by atoms with Crippen LogP contribution in [0.3, 0.4) is 0 Å². The maximum Gasteiger partial charge on any atom is 0.250 e. The van der Waals surface area contributed by atoms with Gasteiger partial charge in [0.2, 0.25) is 21.8 Å². The topological polar surface area (TPSA) is 95.6 Å². The number of thiophene rings is 1. The fraction of sp³-hybridized carbons (Fsp3) is 0.294. The second-order valence-corrected chi connectivity index (χ2v) is 9.38. The van der Waals surface area contributed by atoms with Crippen molar-refractivity contribution in [1.82, 2.24) is 10.0 Å². The third-order valence-corrected chi connectivity index (χ3v) is 7.19. The number of anilines is 1. The highest BCUT2D eigenvalue weighted by Gasteiger charge is 2.35. The van der Waals surface area contributed by atoms with Crippen LogP contribution in [0.1, 0.15) is 6.42 Å².